The predicted molar refractivity (Wildman–Crippen MR) is 139 cm³/mol. The second-order valence-electron chi connectivity index (χ2n) is 10.4. The summed E-state index contributed by atoms with van der Waals surface area (Å²) in [6, 6.07) is 1.87. The molecule has 3 aliphatic rings. The van der Waals surface area contributed by atoms with Crippen LogP contribution in [0.5, 0.6) is 0 Å². The highest BCUT2D eigenvalue weighted by Gasteiger charge is 2.22. The maximum Gasteiger partial charge on any atom is 0.226 e. The summed E-state index contributed by atoms with van der Waals surface area (Å²) in [6.07, 6.45) is 9.23. The van der Waals surface area contributed by atoms with Gasteiger partial charge in [0.1, 0.15) is 11.6 Å². The third-order valence-corrected chi connectivity index (χ3v) is 7.82. The molecule has 9 heteroatoms. The normalized spacial score (nSPS) is 24.6. The number of β-amino-alcohol motifs (C(OH)–C–C–N with tert-alkyl or cyclic N) is 1. The molecule has 2 aliphatic heterocycles. The molecule has 4 rings (SSSR count). The summed E-state index contributed by atoms with van der Waals surface area (Å²) >= 11 is 0. The van der Waals surface area contributed by atoms with Crippen LogP contribution in [-0.2, 0) is 0 Å². The molecule has 0 aromatic carbocycles. The van der Waals surface area contributed by atoms with Crippen LogP contribution in [-0.4, -0.2) is 103 Å². The molecular weight excluding hydrogens is 428 g/mol. The van der Waals surface area contributed by atoms with Gasteiger partial charge in [0.25, 0.3) is 0 Å². The maximum atomic E-state index is 9.14. The van der Waals surface area contributed by atoms with Gasteiger partial charge in [-0.1, -0.05) is 0 Å². The van der Waals surface area contributed by atoms with Crippen molar-refractivity contribution in [2.24, 2.45) is 11.8 Å². The number of rotatable bonds is 12. The average molecular weight is 475 g/mol. The number of nitrogens with two attached hydrogens (primary N) is 1. The minimum atomic E-state index is 0.214. The van der Waals surface area contributed by atoms with Crippen LogP contribution < -0.4 is 21.3 Å². The van der Waals surface area contributed by atoms with Crippen molar-refractivity contribution in [3.05, 3.63) is 6.07 Å². The molecule has 0 radical (unpaired) electrons. The van der Waals surface area contributed by atoms with Gasteiger partial charge >= 0.3 is 0 Å². The molecule has 3 heterocycles. The van der Waals surface area contributed by atoms with Crippen molar-refractivity contribution in [1.82, 2.24) is 25.1 Å². The van der Waals surface area contributed by atoms with Crippen molar-refractivity contribution in [1.29, 1.82) is 0 Å². The first-order chi connectivity index (χ1) is 16.7. The van der Waals surface area contributed by atoms with Crippen LogP contribution in [0, 0.1) is 11.8 Å². The Morgan fingerprint density at radius 1 is 0.882 bits per heavy atom. The van der Waals surface area contributed by atoms with Crippen molar-refractivity contribution in [3.8, 4) is 0 Å². The number of anilines is 3. The standard InChI is InChI=1S/C25H46N8O/c26-23-18-24(33-14-12-32(13-15-33)16-17-34)30-25(29-23)28-20-22-6-4-21(5-7-22)19-27-8-3-11-31-9-1-2-10-31/h18,21-22,27,34H,1-17,19-20H2,(H3,26,28,29,30). The van der Waals surface area contributed by atoms with Crippen LogP contribution in [0.25, 0.3) is 0 Å². The van der Waals surface area contributed by atoms with Gasteiger partial charge in [0, 0.05) is 45.3 Å². The second-order valence-corrected chi connectivity index (χ2v) is 10.4. The van der Waals surface area contributed by atoms with Crippen LogP contribution in [0.1, 0.15) is 44.9 Å². The van der Waals surface area contributed by atoms with Gasteiger partial charge in [0.15, 0.2) is 0 Å². The molecule has 0 bridgehead atoms. The Morgan fingerprint density at radius 3 is 2.26 bits per heavy atom. The summed E-state index contributed by atoms with van der Waals surface area (Å²) in [5.74, 6) is 3.57. The summed E-state index contributed by atoms with van der Waals surface area (Å²) in [7, 11) is 0. The number of nitrogen functional groups attached to an aromatic ring is 1. The molecule has 1 saturated carbocycles. The summed E-state index contributed by atoms with van der Waals surface area (Å²) < 4.78 is 0. The highest BCUT2D eigenvalue weighted by molar-refractivity contribution is 5.51. The molecule has 0 unspecified atom stereocenters. The number of aromatic nitrogens is 2. The fourth-order valence-electron chi connectivity index (χ4n) is 5.65. The van der Waals surface area contributed by atoms with Gasteiger partial charge in [-0.2, -0.15) is 9.97 Å². The average Bonchev–Trinajstić information content (AvgIpc) is 3.37. The van der Waals surface area contributed by atoms with Gasteiger partial charge in [0.2, 0.25) is 5.95 Å². The van der Waals surface area contributed by atoms with E-state index in [2.05, 4.69) is 30.3 Å². The topological polar surface area (TPSA) is 106 Å². The fraction of sp³-hybridized carbons (Fsp3) is 0.840. The monoisotopic (exact) mass is 474 g/mol. The smallest absolute Gasteiger partial charge is 0.226 e. The van der Waals surface area contributed by atoms with Crippen LogP contribution in [0.2, 0.25) is 0 Å². The van der Waals surface area contributed by atoms with Crippen LogP contribution in [0.15, 0.2) is 6.07 Å². The van der Waals surface area contributed by atoms with Crippen molar-refractivity contribution in [2.75, 3.05) is 94.5 Å². The summed E-state index contributed by atoms with van der Waals surface area (Å²) in [5, 5.41) is 16.3. The first-order valence-electron chi connectivity index (χ1n) is 13.6. The summed E-state index contributed by atoms with van der Waals surface area (Å²) in [5.41, 5.74) is 6.10. The second kappa shape index (κ2) is 13.4. The minimum absolute atomic E-state index is 0.214. The molecule has 9 nitrogen and oxygen atoms in total. The van der Waals surface area contributed by atoms with E-state index in [1.165, 1.54) is 71.1 Å². The van der Waals surface area contributed by atoms with Gasteiger partial charge in [-0.3, -0.25) is 4.90 Å². The van der Waals surface area contributed by atoms with E-state index in [-0.39, 0.29) is 6.61 Å². The first kappa shape index (κ1) is 25.4. The van der Waals surface area contributed by atoms with E-state index in [0.717, 1.165) is 57.5 Å². The van der Waals surface area contributed by atoms with Gasteiger partial charge in [0.05, 0.1) is 6.61 Å². The molecule has 5 N–H and O–H groups in total. The van der Waals surface area contributed by atoms with E-state index in [0.29, 0.717) is 17.7 Å². The molecule has 0 atom stereocenters. The molecule has 34 heavy (non-hydrogen) atoms. The van der Waals surface area contributed by atoms with Gasteiger partial charge < -0.3 is 31.3 Å². The van der Waals surface area contributed by atoms with Crippen molar-refractivity contribution >= 4 is 17.6 Å². The zero-order valence-corrected chi connectivity index (χ0v) is 20.9. The Balaban J connectivity index is 1.12. The third kappa shape index (κ3) is 7.93. The molecular formula is C25H46N8O. The van der Waals surface area contributed by atoms with E-state index >= 15 is 0 Å². The molecule has 192 valence electrons. The van der Waals surface area contributed by atoms with E-state index in [1.807, 2.05) is 6.07 Å². The largest absolute Gasteiger partial charge is 0.395 e. The summed E-state index contributed by atoms with van der Waals surface area (Å²) in [4.78, 5) is 16.3. The summed E-state index contributed by atoms with van der Waals surface area (Å²) in [6.45, 7) is 11.7. The van der Waals surface area contributed by atoms with E-state index in [1.54, 1.807) is 0 Å². The van der Waals surface area contributed by atoms with Crippen molar-refractivity contribution in [3.63, 3.8) is 0 Å². The lowest BCUT2D eigenvalue weighted by Crippen LogP contribution is -2.47. The number of likely N-dealkylation sites (tertiary alicyclic amines) is 1. The molecule has 3 fully saturated rings. The zero-order chi connectivity index (χ0) is 23.6. The predicted octanol–water partition coefficient (Wildman–Crippen LogP) is 1.47. The lowest BCUT2D eigenvalue weighted by molar-refractivity contribution is 0.188. The Morgan fingerprint density at radius 2 is 1.56 bits per heavy atom. The number of hydrogen-bond acceptors (Lipinski definition) is 9. The number of hydrogen-bond donors (Lipinski definition) is 4. The Labute approximate surface area is 205 Å². The number of nitrogens with zero attached hydrogens (tertiary/aromatic N) is 5. The van der Waals surface area contributed by atoms with Crippen molar-refractivity contribution in [2.45, 2.75) is 44.9 Å². The van der Waals surface area contributed by atoms with Crippen LogP contribution >= 0.6 is 0 Å². The number of aliphatic hydroxyl groups excluding tert-OH is 1. The lowest BCUT2D eigenvalue weighted by atomic mass is 9.82. The molecule has 0 spiro atoms. The quantitative estimate of drug-likeness (QED) is 0.335. The number of piperazine rings is 1. The third-order valence-electron chi connectivity index (χ3n) is 7.82. The van der Waals surface area contributed by atoms with Gasteiger partial charge in [-0.15, -0.1) is 0 Å². The Hall–Kier alpha value is -1.68. The van der Waals surface area contributed by atoms with E-state index < -0.39 is 0 Å². The lowest BCUT2D eigenvalue weighted by Gasteiger charge is -2.35. The Bertz CT molecular complexity index is 713. The molecule has 1 aromatic rings. The van der Waals surface area contributed by atoms with E-state index in [4.69, 9.17) is 15.8 Å². The molecule has 2 saturated heterocycles. The van der Waals surface area contributed by atoms with Crippen LogP contribution in [0.4, 0.5) is 17.6 Å². The first-order valence-corrected chi connectivity index (χ1v) is 13.6. The highest BCUT2D eigenvalue weighted by atomic mass is 16.3. The van der Waals surface area contributed by atoms with Gasteiger partial charge in [-0.25, -0.2) is 0 Å². The highest BCUT2D eigenvalue weighted by Crippen LogP contribution is 2.28. The van der Waals surface area contributed by atoms with Gasteiger partial charge in [-0.05, 0) is 89.5 Å². The fourth-order valence-corrected chi connectivity index (χ4v) is 5.65. The van der Waals surface area contributed by atoms with E-state index in [9.17, 15) is 0 Å². The molecule has 1 aliphatic carbocycles. The maximum absolute atomic E-state index is 9.14. The van der Waals surface area contributed by atoms with Crippen LogP contribution in [0.3, 0.4) is 0 Å². The SMILES string of the molecule is Nc1cc(N2CCN(CCO)CC2)nc(NCC2CCC(CNCCCN3CCCC3)CC2)n1. The minimum Gasteiger partial charge on any atom is -0.395 e. The zero-order valence-electron chi connectivity index (χ0n) is 20.9. The molecule has 0 amide bonds. The molecule has 1 aromatic heterocycles. The number of nitrogens with one attached hydrogen (secondary N) is 2. The van der Waals surface area contributed by atoms with Crippen molar-refractivity contribution < 1.29 is 5.11 Å². The number of aliphatic hydroxyl groups is 1. The Kier molecular flexibility index (Phi) is 10.0.